The van der Waals surface area contributed by atoms with Gasteiger partial charge in [-0.3, -0.25) is 14.3 Å². The Morgan fingerprint density at radius 2 is 2.35 bits per heavy atom. The molecule has 122 valence electrons. The van der Waals surface area contributed by atoms with Crippen LogP contribution in [-0.4, -0.2) is 34.9 Å². The van der Waals surface area contributed by atoms with Crippen molar-refractivity contribution in [3.63, 3.8) is 0 Å². The molecule has 2 heterocycles. The molecular formula is C16H18ClN3O3. The van der Waals surface area contributed by atoms with Crippen molar-refractivity contribution in [2.45, 2.75) is 32.4 Å². The number of aromatic nitrogens is 2. The van der Waals surface area contributed by atoms with E-state index in [0.29, 0.717) is 29.0 Å². The Bertz CT molecular complexity index is 797. The van der Waals surface area contributed by atoms with Crippen LogP contribution in [-0.2, 0) is 11.3 Å². The number of amides is 1. The van der Waals surface area contributed by atoms with Crippen LogP contribution in [0.3, 0.4) is 0 Å². The van der Waals surface area contributed by atoms with Crippen LogP contribution in [0.5, 0.6) is 0 Å². The number of carbonyl (C=O) groups is 1. The molecule has 3 rings (SSSR count). The quantitative estimate of drug-likeness (QED) is 0.927. The van der Waals surface area contributed by atoms with Crippen molar-refractivity contribution >= 4 is 28.4 Å². The summed E-state index contributed by atoms with van der Waals surface area (Å²) >= 11 is 5.98. The zero-order valence-corrected chi connectivity index (χ0v) is 13.6. The molecule has 0 saturated carbocycles. The van der Waals surface area contributed by atoms with Crippen LogP contribution >= 0.6 is 11.6 Å². The lowest BCUT2D eigenvalue weighted by Crippen LogP contribution is -2.36. The van der Waals surface area contributed by atoms with Gasteiger partial charge in [-0.15, -0.1) is 0 Å². The Morgan fingerprint density at radius 3 is 3.04 bits per heavy atom. The molecule has 1 aliphatic rings. The van der Waals surface area contributed by atoms with Crippen molar-refractivity contribution in [2.75, 3.05) is 13.2 Å². The first-order chi connectivity index (χ1) is 11.1. The number of aryl methyl sites for hydroxylation is 1. The van der Waals surface area contributed by atoms with Crippen LogP contribution in [0.2, 0.25) is 5.02 Å². The lowest BCUT2D eigenvalue weighted by molar-refractivity contribution is 0.0851. The molecule has 1 aliphatic heterocycles. The topological polar surface area (TPSA) is 73.2 Å². The van der Waals surface area contributed by atoms with Crippen molar-refractivity contribution in [1.82, 2.24) is 15.1 Å². The highest BCUT2D eigenvalue weighted by atomic mass is 35.5. The standard InChI is InChI=1S/C16H18ClN3O3/c1-2-20-13-6-5-10(17)8-12(13)15(21)14(19-20)16(22)18-9-11-4-3-7-23-11/h5-6,8,11H,2-4,7,9H2,1H3,(H,18,22). The van der Waals surface area contributed by atoms with Gasteiger partial charge in [-0.1, -0.05) is 11.6 Å². The van der Waals surface area contributed by atoms with Crippen LogP contribution in [0.4, 0.5) is 0 Å². The fraction of sp³-hybridized carbons (Fsp3) is 0.438. The minimum absolute atomic E-state index is 0.0160. The fourth-order valence-electron chi connectivity index (χ4n) is 2.75. The number of halogens is 1. The summed E-state index contributed by atoms with van der Waals surface area (Å²) in [6, 6.07) is 5.02. The third-order valence-corrected chi connectivity index (χ3v) is 4.18. The third-order valence-electron chi connectivity index (χ3n) is 3.95. The Balaban J connectivity index is 1.94. The van der Waals surface area contributed by atoms with E-state index < -0.39 is 11.3 Å². The van der Waals surface area contributed by atoms with Gasteiger partial charge in [0.1, 0.15) is 0 Å². The van der Waals surface area contributed by atoms with E-state index >= 15 is 0 Å². The van der Waals surface area contributed by atoms with E-state index in [-0.39, 0.29) is 11.8 Å². The summed E-state index contributed by atoms with van der Waals surface area (Å²) in [7, 11) is 0. The van der Waals surface area contributed by atoms with Crippen LogP contribution in [0.25, 0.3) is 10.9 Å². The SMILES string of the molecule is CCn1nc(C(=O)NCC2CCCO2)c(=O)c2cc(Cl)ccc21. The number of fused-ring (bicyclic) bond motifs is 1. The molecule has 0 radical (unpaired) electrons. The van der Waals surface area contributed by atoms with Crippen molar-refractivity contribution in [3.8, 4) is 0 Å². The monoisotopic (exact) mass is 335 g/mol. The van der Waals surface area contributed by atoms with E-state index in [4.69, 9.17) is 16.3 Å². The Labute approximate surface area is 138 Å². The number of hydrogen-bond donors (Lipinski definition) is 1. The largest absolute Gasteiger partial charge is 0.376 e. The molecule has 0 aliphatic carbocycles. The minimum atomic E-state index is -0.477. The van der Waals surface area contributed by atoms with Gasteiger partial charge < -0.3 is 10.1 Å². The van der Waals surface area contributed by atoms with Gasteiger partial charge in [-0.2, -0.15) is 5.10 Å². The van der Waals surface area contributed by atoms with E-state index in [9.17, 15) is 9.59 Å². The van der Waals surface area contributed by atoms with Gasteiger partial charge in [0.05, 0.1) is 17.0 Å². The van der Waals surface area contributed by atoms with Crippen LogP contribution in [0, 0.1) is 0 Å². The molecule has 1 unspecified atom stereocenters. The molecule has 1 aromatic heterocycles. The van der Waals surface area contributed by atoms with Crippen molar-refractivity contribution in [3.05, 3.63) is 39.1 Å². The summed E-state index contributed by atoms with van der Waals surface area (Å²) in [5.74, 6) is -0.477. The zero-order valence-electron chi connectivity index (χ0n) is 12.8. The number of benzene rings is 1. The molecule has 6 nitrogen and oxygen atoms in total. The van der Waals surface area contributed by atoms with E-state index in [2.05, 4.69) is 10.4 Å². The van der Waals surface area contributed by atoms with Gasteiger partial charge >= 0.3 is 0 Å². The number of carbonyl (C=O) groups excluding carboxylic acids is 1. The van der Waals surface area contributed by atoms with E-state index in [1.165, 1.54) is 0 Å². The maximum Gasteiger partial charge on any atom is 0.275 e. The first-order valence-electron chi connectivity index (χ1n) is 7.70. The van der Waals surface area contributed by atoms with Crippen LogP contribution in [0.1, 0.15) is 30.3 Å². The Kier molecular flexibility index (Phi) is 4.63. The molecule has 23 heavy (non-hydrogen) atoms. The summed E-state index contributed by atoms with van der Waals surface area (Å²) in [5, 5.41) is 7.79. The van der Waals surface area contributed by atoms with Gasteiger partial charge in [0.2, 0.25) is 5.43 Å². The molecule has 1 N–H and O–H groups in total. The molecule has 1 amide bonds. The molecule has 2 aromatic rings. The summed E-state index contributed by atoms with van der Waals surface area (Å²) in [6.45, 7) is 3.56. The lowest BCUT2D eigenvalue weighted by Gasteiger charge is -2.12. The highest BCUT2D eigenvalue weighted by Gasteiger charge is 2.20. The minimum Gasteiger partial charge on any atom is -0.376 e. The summed E-state index contributed by atoms with van der Waals surface area (Å²) in [5.41, 5.74) is 0.147. The Hall–Kier alpha value is -1.92. The molecule has 7 heteroatoms. The van der Waals surface area contributed by atoms with Crippen LogP contribution < -0.4 is 10.7 Å². The second-order valence-corrected chi connectivity index (χ2v) is 5.94. The zero-order chi connectivity index (χ0) is 16.4. The number of nitrogens with one attached hydrogen (secondary N) is 1. The van der Waals surface area contributed by atoms with Gasteiger partial charge in [-0.05, 0) is 38.0 Å². The third kappa shape index (κ3) is 3.23. The number of ether oxygens (including phenoxy) is 1. The summed E-state index contributed by atoms with van der Waals surface area (Å²) in [6.07, 6.45) is 1.93. The molecular weight excluding hydrogens is 318 g/mol. The van der Waals surface area contributed by atoms with Crippen molar-refractivity contribution in [1.29, 1.82) is 0 Å². The molecule has 0 bridgehead atoms. The average molecular weight is 336 g/mol. The predicted molar refractivity (Wildman–Crippen MR) is 88.0 cm³/mol. The lowest BCUT2D eigenvalue weighted by atomic mass is 10.2. The van der Waals surface area contributed by atoms with Gasteiger partial charge in [-0.25, -0.2) is 0 Å². The summed E-state index contributed by atoms with van der Waals surface area (Å²) in [4.78, 5) is 24.9. The molecule has 1 saturated heterocycles. The van der Waals surface area contributed by atoms with E-state index in [1.54, 1.807) is 22.9 Å². The second-order valence-electron chi connectivity index (χ2n) is 5.50. The average Bonchev–Trinajstić information content (AvgIpc) is 3.07. The van der Waals surface area contributed by atoms with Gasteiger partial charge in [0, 0.05) is 24.7 Å². The second kappa shape index (κ2) is 6.68. The number of nitrogens with zero attached hydrogens (tertiary/aromatic N) is 2. The van der Waals surface area contributed by atoms with Crippen molar-refractivity contribution < 1.29 is 9.53 Å². The van der Waals surface area contributed by atoms with E-state index in [0.717, 1.165) is 19.4 Å². The molecule has 1 fully saturated rings. The van der Waals surface area contributed by atoms with Crippen molar-refractivity contribution in [2.24, 2.45) is 0 Å². The van der Waals surface area contributed by atoms with Gasteiger partial charge in [0.15, 0.2) is 5.69 Å². The molecule has 0 spiro atoms. The molecule has 1 aromatic carbocycles. The maximum absolute atomic E-state index is 12.6. The number of hydrogen-bond acceptors (Lipinski definition) is 4. The highest BCUT2D eigenvalue weighted by Crippen LogP contribution is 2.16. The highest BCUT2D eigenvalue weighted by molar-refractivity contribution is 6.31. The van der Waals surface area contributed by atoms with E-state index in [1.807, 2.05) is 6.92 Å². The predicted octanol–water partition coefficient (Wildman–Crippen LogP) is 1.98. The molecule has 1 atom stereocenters. The fourth-order valence-corrected chi connectivity index (χ4v) is 2.92. The van der Waals surface area contributed by atoms with Crippen LogP contribution in [0.15, 0.2) is 23.0 Å². The maximum atomic E-state index is 12.6. The first-order valence-corrected chi connectivity index (χ1v) is 8.08. The number of rotatable bonds is 4. The Morgan fingerprint density at radius 1 is 1.52 bits per heavy atom. The smallest absolute Gasteiger partial charge is 0.275 e. The van der Waals surface area contributed by atoms with Gasteiger partial charge in [0.25, 0.3) is 5.91 Å². The first kappa shape index (κ1) is 16.0. The normalized spacial score (nSPS) is 17.6. The summed E-state index contributed by atoms with van der Waals surface area (Å²) < 4.78 is 7.10.